The van der Waals surface area contributed by atoms with E-state index >= 15 is 0 Å². The molecule has 3 aliphatic rings. The zero-order valence-electron chi connectivity index (χ0n) is 40.7. The van der Waals surface area contributed by atoms with Gasteiger partial charge in [0.15, 0.2) is 13.5 Å². The molecule has 4 aromatic carbocycles. The van der Waals surface area contributed by atoms with Gasteiger partial charge in [0.25, 0.3) is 5.56 Å². The molecular weight excluding hydrogens is 949 g/mol. The van der Waals surface area contributed by atoms with Crippen LogP contribution < -0.4 is 29.7 Å². The monoisotopic (exact) mass is 1010 g/mol. The molecule has 0 bridgehead atoms. The molecule has 16 heteroatoms. The number of unbranched alkanes of at least 4 members (excludes halogenated alkanes) is 2. The van der Waals surface area contributed by atoms with Crippen molar-refractivity contribution in [2.45, 2.75) is 58.1 Å². The van der Waals surface area contributed by atoms with E-state index in [-0.39, 0.29) is 37.8 Å². The van der Waals surface area contributed by atoms with Gasteiger partial charge >= 0.3 is 11.9 Å². The molecule has 7 aromatic rings. The van der Waals surface area contributed by atoms with Crippen molar-refractivity contribution in [1.82, 2.24) is 14.4 Å². The molecule has 0 unspecified atom stereocenters. The maximum absolute atomic E-state index is 13.1. The molecule has 14 nitrogen and oxygen atoms in total. The second-order valence-corrected chi connectivity index (χ2v) is 20.6. The van der Waals surface area contributed by atoms with Crippen LogP contribution in [-0.2, 0) is 37.0 Å². The van der Waals surface area contributed by atoms with E-state index in [0.29, 0.717) is 48.8 Å². The number of carbonyl (C=O) groups excluding carboxylic acids is 3. The number of aromatic nitrogens is 1. The lowest BCUT2D eigenvalue weighted by molar-refractivity contribution is -0.152. The lowest BCUT2D eigenvalue weighted by atomic mass is 10.0. The summed E-state index contributed by atoms with van der Waals surface area (Å²) in [6.45, 7) is 10.7. The molecule has 0 saturated carbocycles. The highest BCUT2D eigenvalue weighted by molar-refractivity contribution is 7.17. The highest BCUT2D eigenvalue weighted by Gasteiger charge is 2.27. The second-order valence-electron chi connectivity index (χ2n) is 18.7. The lowest BCUT2D eigenvalue weighted by Crippen LogP contribution is -2.46. The first-order valence-electron chi connectivity index (χ1n) is 25.3. The third kappa shape index (κ3) is 11.9. The van der Waals surface area contributed by atoms with E-state index in [9.17, 15) is 19.2 Å². The first kappa shape index (κ1) is 49.1. The molecule has 3 aromatic heterocycles. The summed E-state index contributed by atoms with van der Waals surface area (Å²) >= 11 is 3.58. The SMILES string of the molecule is O=C(CCC(=O)OCn1c(=O)ccc2ccc(OCCCCN3CCN(c4cccc5sccc45)CC3)cc21)OCN1C(=O)CCc2ccc(OCCCCN3CCN(c4cccc5sccc45)CC3)cc21. The van der Waals surface area contributed by atoms with E-state index < -0.39 is 11.9 Å². The molecule has 3 aliphatic heterocycles. The van der Waals surface area contributed by atoms with Crippen molar-refractivity contribution in [3.05, 3.63) is 124 Å². The van der Waals surface area contributed by atoms with Gasteiger partial charge in [-0.25, -0.2) is 0 Å². The Bertz CT molecular complexity index is 3060. The number of hydrogen-bond donors (Lipinski definition) is 0. The van der Waals surface area contributed by atoms with E-state index in [1.165, 1.54) is 47.1 Å². The normalized spacial score (nSPS) is 15.6. The van der Waals surface area contributed by atoms with Crippen LogP contribution in [0.2, 0.25) is 0 Å². The average Bonchev–Trinajstić information content (AvgIpc) is 4.11. The van der Waals surface area contributed by atoms with E-state index in [4.69, 9.17) is 18.9 Å². The zero-order chi connectivity index (χ0) is 49.2. The number of nitrogens with zero attached hydrogens (tertiary/aromatic N) is 6. The zero-order valence-corrected chi connectivity index (χ0v) is 42.3. The van der Waals surface area contributed by atoms with Crippen LogP contribution in [0.15, 0.2) is 113 Å². The Morgan fingerprint density at radius 3 is 1.71 bits per heavy atom. The standard InChI is InChI=1S/C56H62N6O8S2/c63-53-17-13-41-11-15-43(67-33-3-1-23-57-25-29-59(30-26-57)47-7-5-9-51-45(47)21-35-71-51)37-49(41)61(53)39-69-55(65)19-20-56(66)70-40-62-50-38-44(16-12-42(50)14-18-54(62)64)68-34-4-2-24-58-27-31-60(32-28-58)48-8-6-10-52-46(48)22-36-72-52/h5-13,15-17,21-22,35-38H,1-4,14,18-20,23-34,39-40H2. The van der Waals surface area contributed by atoms with Gasteiger partial charge in [-0.2, -0.15) is 0 Å². The summed E-state index contributed by atoms with van der Waals surface area (Å²) in [7, 11) is 0. The predicted octanol–water partition coefficient (Wildman–Crippen LogP) is 9.15. The fourth-order valence-electron chi connectivity index (χ4n) is 10.0. The first-order valence-corrected chi connectivity index (χ1v) is 27.1. The van der Waals surface area contributed by atoms with Crippen LogP contribution in [0, 0.1) is 0 Å². The number of amides is 1. The summed E-state index contributed by atoms with van der Waals surface area (Å²) in [6.07, 6.45) is 4.21. The summed E-state index contributed by atoms with van der Waals surface area (Å²) in [6, 6.07) is 32.0. The Morgan fingerprint density at radius 1 is 0.542 bits per heavy atom. The minimum atomic E-state index is -0.656. The molecule has 2 saturated heterocycles. The van der Waals surface area contributed by atoms with Crippen LogP contribution in [0.4, 0.5) is 17.1 Å². The number of esters is 2. The van der Waals surface area contributed by atoms with Gasteiger partial charge in [0.2, 0.25) is 5.91 Å². The average molecular weight is 1010 g/mol. The number of pyridine rings is 1. The predicted molar refractivity (Wildman–Crippen MR) is 287 cm³/mol. The molecule has 1 amide bonds. The Kier molecular flexibility index (Phi) is 16.0. The van der Waals surface area contributed by atoms with Crippen molar-refractivity contribution < 1.29 is 33.3 Å². The Morgan fingerprint density at radius 2 is 1.10 bits per heavy atom. The molecule has 0 aliphatic carbocycles. The van der Waals surface area contributed by atoms with Gasteiger partial charge in [-0.1, -0.05) is 18.2 Å². The molecule has 376 valence electrons. The Labute approximate surface area is 427 Å². The number of thiophene rings is 2. The smallest absolute Gasteiger partial charge is 0.308 e. The molecule has 0 atom stereocenters. The highest BCUT2D eigenvalue weighted by Crippen LogP contribution is 2.34. The molecule has 10 rings (SSSR count). The molecule has 0 spiro atoms. The lowest BCUT2D eigenvalue weighted by Gasteiger charge is -2.36. The van der Waals surface area contributed by atoms with Crippen LogP contribution in [0.3, 0.4) is 0 Å². The number of piperazine rings is 2. The quantitative estimate of drug-likeness (QED) is 0.0504. The van der Waals surface area contributed by atoms with E-state index in [1.807, 2.05) is 30.3 Å². The summed E-state index contributed by atoms with van der Waals surface area (Å²) < 4.78 is 27.3. The molecular formula is C56H62N6O8S2. The molecule has 0 radical (unpaired) electrons. The van der Waals surface area contributed by atoms with E-state index in [1.54, 1.807) is 34.8 Å². The molecule has 2 fully saturated rings. The van der Waals surface area contributed by atoms with Gasteiger partial charge in [0.1, 0.15) is 11.5 Å². The number of carbonyl (C=O) groups is 3. The highest BCUT2D eigenvalue weighted by atomic mass is 32.1. The fraction of sp³-hybridized carbons (Fsp3) is 0.393. The maximum Gasteiger partial charge on any atom is 0.308 e. The first-order chi connectivity index (χ1) is 35.3. The number of anilines is 3. The number of fused-ring (bicyclic) bond motifs is 4. The van der Waals surface area contributed by atoms with Crippen molar-refractivity contribution in [1.29, 1.82) is 0 Å². The second kappa shape index (κ2) is 23.4. The number of benzene rings is 4. The van der Waals surface area contributed by atoms with Crippen molar-refractivity contribution in [2.75, 3.05) is 100 Å². The Balaban J connectivity index is 0.622. The van der Waals surface area contributed by atoms with Gasteiger partial charge in [0, 0.05) is 109 Å². The third-order valence-corrected chi connectivity index (χ3v) is 15.9. The van der Waals surface area contributed by atoms with Gasteiger partial charge in [0.05, 0.1) is 37.3 Å². The van der Waals surface area contributed by atoms with Gasteiger partial charge in [-0.3, -0.25) is 38.4 Å². The molecule has 72 heavy (non-hydrogen) atoms. The fourth-order valence-corrected chi connectivity index (χ4v) is 11.7. The number of ether oxygens (including phenoxy) is 4. The van der Waals surface area contributed by atoms with E-state index in [2.05, 4.69) is 78.9 Å². The van der Waals surface area contributed by atoms with Gasteiger partial charge < -0.3 is 28.7 Å². The largest absolute Gasteiger partial charge is 0.494 e. The van der Waals surface area contributed by atoms with Crippen LogP contribution in [0.5, 0.6) is 11.5 Å². The minimum Gasteiger partial charge on any atom is -0.494 e. The van der Waals surface area contributed by atoms with Crippen LogP contribution in [0.25, 0.3) is 31.1 Å². The summed E-state index contributed by atoms with van der Waals surface area (Å²) in [5.74, 6) is -0.174. The summed E-state index contributed by atoms with van der Waals surface area (Å²) in [4.78, 5) is 63.3. The summed E-state index contributed by atoms with van der Waals surface area (Å²) in [5.41, 5.74) is 4.54. The van der Waals surface area contributed by atoms with Gasteiger partial charge in [-0.05, 0) is 128 Å². The van der Waals surface area contributed by atoms with Crippen molar-refractivity contribution in [3.8, 4) is 11.5 Å². The van der Waals surface area contributed by atoms with Crippen molar-refractivity contribution in [2.24, 2.45) is 0 Å². The number of hydrogen-bond acceptors (Lipinski definition) is 14. The third-order valence-electron chi connectivity index (χ3n) is 14.1. The van der Waals surface area contributed by atoms with Crippen molar-refractivity contribution in [3.63, 3.8) is 0 Å². The molecule has 6 heterocycles. The summed E-state index contributed by atoms with van der Waals surface area (Å²) in [5, 5.41) is 7.81. The van der Waals surface area contributed by atoms with Crippen LogP contribution in [0.1, 0.15) is 50.5 Å². The minimum absolute atomic E-state index is 0.156. The van der Waals surface area contributed by atoms with Crippen LogP contribution >= 0.6 is 22.7 Å². The van der Waals surface area contributed by atoms with E-state index in [0.717, 1.165) is 102 Å². The van der Waals surface area contributed by atoms with Gasteiger partial charge in [-0.15, -0.1) is 22.7 Å². The van der Waals surface area contributed by atoms with Crippen molar-refractivity contribution >= 4 is 88.7 Å². The number of aryl methyl sites for hydroxylation is 1. The van der Waals surface area contributed by atoms with Crippen LogP contribution in [-0.4, -0.2) is 118 Å². The number of rotatable bonds is 21. The maximum atomic E-state index is 13.1. The topological polar surface area (TPSA) is 126 Å². The Hall–Kier alpha value is -6.46. The molecule has 0 N–H and O–H groups in total.